The van der Waals surface area contributed by atoms with Crippen LogP contribution in [0.5, 0.6) is 0 Å². The van der Waals surface area contributed by atoms with Crippen molar-refractivity contribution in [2.75, 3.05) is 6.61 Å². The van der Waals surface area contributed by atoms with Crippen LogP contribution in [0.25, 0.3) is 0 Å². The number of nitrogens with zero attached hydrogens (tertiary/aromatic N) is 1. The minimum Gasteiger partial charge on any atom is -0.396 e. The largest absolute Gasteiger partial charge is 0.396 e. The third kappa shape index (κ3) is 4.20. The first-order valence-corrected chi connectivity index (χ1v) is 8.83. The Morgan fingerprint density at radius 1 is 1.20 bits per heavy atom. The predicted octanol–water partition coefficient (Wildman–Crippen LogP) is 3.16. The van der Waals surface area contributed by atoms with E-state index in [4.69, 9.17) is 4.52 Å². The van der Waals surface area contributed by atoms with Gasteiger partial charge in [0.05, 0.1) is 19.2 Å². The fourth-order valence-corrected chi connectivity index (χ4v) is 3.71. The van der Waals surface area contributed by atoms with Gasteiger partial charge in [-0.2, -0.15) is 0 Å². The fraction of sp³-hybridized carbons (Fsp3) is 0.474. The second-order valence-electron chi connectivity index (χ2n) is 6.74. The van der Waals surface area contributed by atoms with E-state index in [9.17, 15) is 9.90 Å². The molecule has 1 aromatic heterocycles. The molecule has 1 saturated carbocycles. The minimum absolute atomic E-state index is 0.0656. The van der Waals surface area contributed by atoms with Gasteiger partial charge in [0.15, 0.2) is 0 Å². The van der Waals surface area contributed by atoms with E-state index in [0.717, 1.165) is 31.2 Å². The fourth-order valence-electron chi connectivity index (χ4n) is 3.71. The molecule has 0 aliphatic heterocycles. The summed E-state index contributed by atoms with van der Waals surface area (Å²) in [6, 6.07) is 11.1. The molecule has 0 radical (unpaired) electrons. The lowest BCUT2D eigenvalue weighted by atomic mass is 9.67. The smallest absolute Gasteiger partial charge is 0.315 e. The SMILES string of the molecule is O=C(NCc1ccon1)NC(c1ccccc1)C1(CO)CCCCC1. The van der Waals surface area contributed by atoms with Crippen molar-refractivity contribution < 1.29 is 14.4 Å². The highest BCUT2D eigenvalue weighted by Gasteiger charge is 2.41. The van der Waals surface area contributed by atoms with Gasteiger partial charge in [0.1, 0.15) is 12.0 Å². The Kier molecular flexibility index (Phi) is 5.71. The maximum atomic E-state index is 12.5. The van der Waals surface area contributed by atoms with Crippen LogP contribution in [0.2, 0.25) is 0 Å². The summed E-state index contributed by atoms with van der Waals surface area (Å²) < 4.78 is 4.77. The molecule has 0 bridgehead atoms. The molecule has 3 rings (SSSR count). The first-order chi connectivity index (χ1) is 12.2. The van der Waals surface area contributed by atoms with Gasteiger partial charge in [-0.05, 0) is 18.4 Å². The van der Waals surface area contributed by atoms with Gasteiger partial charge in [-0.3, -0.25) is 0 Å². The van der Waals surface area contributed by atoms with Gasteiger partial charge in [-0.15, -0.1) is 0 Å². The molecule has 6 nitrogen and oxygen atoms in total. The van der Waals surface area contributed by atoms with E-state index in [1.807, 2.05) is 30.3 Å². The monoisotopic (exact) mass is 343 g/mol. The number of rotatable bonds is 6. The molecule has 1 heterocycles. The Morgan fingerprint density at radius 2 is 1.96 bits per heavy atom. The molecule has 134 valence electrons. The Hall–Kier alpha value is -2.34. The summed E-state index contributed by atoms with van der Waals surface area (Å²) in [6.45, 7) is 0.367. The zero-order valence-corrected chi connectivity index (χ0v) is 14.3. The quantitative estimate of drug-likeness (QED) is 0.752. The van der Waals surface area contributed by atoms with Crippen molar-refractivity contribution in [2.45, 2.75) is 44.7 Å². The highest BCUT2D eigenvalue weighted by Crippen LogP contribution is 2.45. The number of aliphatic hydroxyl groups excluding tert-OH is 1. The summed E-state index contributed by atoms with van der Waals surface area (Å²) in [5.41, 5.74) is 1.38. The molecule has 1 atom stereocenters. The van der Waals surface area contributed by atoms with Crippen molar-refractivity contribution in [3.8, 4) is 0 Å². The standard InChI is InChI=1S/C19H25N3O3/c23-14-19(10-5-2-6-11-19)17(15-7-3-1-4-8-15)21-18(24)20-13-16-9-12-25-22-16/h1,3-4,7-9,12,17,23H,2,5-6,10-11,13-14H2,(H2,20,21,24). The number of aliphatic hydroxyl groups is 1. The number of amides is 2. The number of hydrogen-bond donors (Lipinski definition) is 3. The second kappa shape index (κ2) is 8.16. The molecule has 1 aliphatic rings. The van der Waals surface area contributed by atoms with Gasteiger partial charge < -0.3 is 20.3 Å². The number of carbonyl (C=O) groups excluding carboxylic acids is 1. The van der Waals surface area contributed by atoms with Gasteiger partial charge in [0, 0.05) is 11.5 Å². The number of carbonyl (C=O) groups is 1. The normalized spacial score (nSPS) is 17.6. The van der Waals surface area contributed by atoms with E-state index in [1.165, 1.54) is 12.7 Å². The third-order valence-corrected chi connectivity index (χ3v) is 5.11. The molecule has 1 fully saturated rings. The molecule has 1 unspecified atom stereocenters. The van der Waals surface area contributed by atoms with Crippen LogP contribution >= 0.6 is 0 Å². The van der Waals surface area contributed by atoms with E-state index in [0.29, 0.717) is 12.2 Å². The first-order valence-electron chi connectivity index (χ1n) is 8.83. The Bertz CT molecular complexity index is 652. The molecule has 0 saturated heterocycles. The lowest BCUT2D eigenvalue weighted by molar-refractivity contribution is 0.0454. The maximum Gasteiger partial charge on any atom is 0.315 e. The van der Waals surface area contributed by atoms with Crippen molar-refractivity contribution in [1.82, 2.24) is 15.8 Å². The molecule has 1 aromatic carbocycles. The lowest BCUT2D eigenvalue weighted by Gasteiger charge is -2.43. The maximum absolute atomic E-state index is 12.5. The van der Waals surface area contributed by atoms with Gasteiger partial charge in [-0.1, -0.05) is 54.8 Å². The van der Waals surface area contributed by atoms with Gasteiger partial charge >= 0.3 is 6.03 Å². The summed E-state index contributed by atoms with van der Waals surface area (Å²) in [5, 5.41) is 19.9. The van der Waals surface area contributed by atoms with E-state index < -0.39 is 0 Å². The number of nitrogens with one attached hydrogen (secondary N) is 2. The zero-order chi connectivity index (χ0) is 17.5. The molecule has 6 heteroatoms. The van der Waals surface area contributed by atoms with Crippen LogP contribution < -0.4 is 10.6 Å². The van der Waals surface area contributed by atoms with Crippen molar-refractivity contribution in [3.05, 3.63) is 53.9 Å². The van der Waals surface area contributed by atoms with Gasteiger partial charge in [0.25, 0.3) is 0 Å². The molecular formula is C19H25N3O3. The molecule has 3 N–H and O–H groups in total. The minimum atomic E-state index is -0.315. The Labute approximate surface area is 147 Å². The summed E-state index contributed by atoms with van der Waals surface area (Å²) in [7, 11) is 0. The summed E-state index contributed by atoms with van der Waals surface area (Å²) in [4.78, 5) is 12.5. The van der Waals surface area contributed by atoms with E-state index in [2.05, 4.69) is 15.8 Å². The van der Waals surface area contributed by atoms with Crippen molar-refractivity contribution in [2.24, 2.45) is 5.41 Å². The summed E-state index contributed by atoms with van der Waals surface area (Å²) in [6.07, 6.45) is 6.63. The Morgan fingerprint density at radius 3 is 2.60 bits per heavy atom. The third-order valence-electron chi connectivity index (χ3n) is 5.11. The number of benzene rings is 1. The first kappa shape index (κ1) is 17.5. The van der Waals surface area contributed by atoms with E-state index in [-0.39, 0.29) is 24.1 Å². The predicted molar refractivity (Wildman–Crippen MR) is 93.7 cm³/mol. The average molecular weight is 343 g/mol. The van der Waals surface area contributed by atoms with Gasteiger partial charge in [0.2, 0.25) is 0 Å². The van der Waals surface area contributed by atoms with Crippen LogP contribution in [0.3, 0.4) is 0 Å². The lowest BCUT2D eigenvalue weighted by Crippen LogP contribution is -2.47. The van der Waals surface area contributed by atoms with Crippen LogP contribution in [0.1, 0.15) is 49.4 Å². The number of hydrogen-bond acceptors (Lipinski definition) is 4. The molecule has 0 spiro atoms. The van der Waals surface area contributed by atoms with E-state index >= 15 is 0 Å². The Balaban J connectivity index is 1.75. The van der Waals surface area contributed by atoms with Crippen LogP contribution in [0.4, 0.5) is 4.79 Å². The van der Waals surface area contributed by atoms with Crippen LogP contribution in [0.15, 0.2) is 47.2 Å². The summed E-state index contributed by atoms with van der Waals surface area (Å²) in [5.74, 6) is 0. The molecular weight excluding hydrogens is 318 g/mol. The van der Waals surface area contributed by atoms with Crippen LogP contribution in [0, 0.1) is 5.41 Å². The van der Waals surface area contributed by atoms with Crippen LogP contribution in [-0.4, -0.2) is 22.9 Å². The highest BCUT2D eigenvalue weighted by molar-refractivity contribution is 5.74. The van der Waals surface area contributed by atoms with E-state index in [1.54, 1.807) is 6.07 Å². The molecule has 1 aliphatic carbocycles. The number of aromatic nitrogens is 1. The number of urea groups is 1. The summed E-state index contributed by atoms with van der Waals surface area (Å²) >= 11 is 0. The molecule has 25 heavy (non-hydrogen) atoms. The zero-order valence-electron chi connectivity index (χ0n) is 14.3. The average Bonchev–Trinajstić information content (AvgIpc) is 3.19. The van der Waals surface area contributed by atoms with Crippen molar-refractivity contribution in [3.63, 3.8) is 0 Å². The molecule has 2 aromatic rings. The molecule has 2 amide bonds. The highest BCUT2D eigenvalue weighted by atomic mass is 16.5. The topological polar surface area (TPSA) is 87.4 Å². The van der Waals surface area contributed by atoms with Gasteiger partial charge in [-0.25, -0.2) is 4.79 Å². The van der Waals surface area contributed by atoms with Crippen LogP contribution in [-0.2, 0) is 6.54 Å². The second-order valence-corrected chi connectivity index (χ2v) is 6.74. The van der Waals surface area contributed by atoms with Crippen molar-refractivity contribution >= 4 is 6.03 Å². The van der Waals surface area contributed by atoms with Crippen molar-refractivity contribution in [1.29, 1.82) is 0 Å².